The Labute approximate surface area is 101 Å². The average molecular weight is 236 g/mol. The first-order valence-electron chi connectivity index (χ1n) is 5.42. The maximum absolute atomic E-state index is 10.7. The van der Waals surface area contributed by atoms with Crippen molar-refractivity contribution >= 4 is 11.8 Å². The number of carbonyl (C=O) groups is 2. The zero-order chi connectivity index (χ0) is 12.7. The molecule has 0 aliphatic carbocycles. The molecule has 0 N–H and O–H groups in total. The Kier molecular flexibility index (Phi) is 5.20. The highest BCUT2D eigenvalue weighted by atomic mass is 16.5. The standard InChI is InChI=1S/C13H16O4/c1-10(14)9-17-13-5-3-12(4-6-13)7-8-16-11(2)15/h3-6H,7-9H2,1-2H3. The van der Waals surface area contributed by atoms with Gasteiger partial charge in [-0.1, -0.05) is 12.1 Å². The van der Waals surface area contributed by atoms with Crippen LogP contribution in [0.3, 0.4) is 0 Å². The second-order valence-corrected chi connectivity index (χ2v) is 3.72. The fourth-order valence-electron chi connectivity index (χ4n) is 1.25. The van der Waals surface area contributed by atoms with Crippen molar-refractivity contribution in [3.63, 3.8) is 0 Å². The van der Waals surface area contributed by atoms with Gasteiger partial charge >= 0.3 is 5.97 Å². The smallest absolute Gasteiger partial charge is 0.302 e. The van der Waals surface area contributed by atoms with Gasteiger partial charge in [0.15, 0.2) is 5.78 Å². The molecule has 1 aromatic carbocycles. The Hall–Kier alpha value is -1.84. The van der Waals surface area contributed by atoms with Crippen molar-refractivity contribution in [1.82, 2.24) is 0 Å². The van der Waals surface area contributed by atoms with Crippen LogP contribution < -0.4 is 4.74 Å². The molecule has 4 nitrogen and oxygen atoms in total. The number of ketones is 1. The van der Waals surface area contributed by atoms with E-state index in [-0.39, 0.29) is 18.4 Å². The Morgan fingerprint density at radius 1 is 1.12 bits per heavy atom. The van der Waals surface area contributed by atoms with Crippen LogP contribution in [0, 0.1) is 0 Å². The van der Waals surface area contributed by atoms with Crippen molar-refractivity contribution in [3.05, 3.63) is 29.8 Å². The molecule has 0 unspecified atom stereocenters. The maximum atomic E-state index is 10.7. The quantitative estimate of drug-likeness (QED) is 0.706. The number of esters is 1. The lowest BCUT2D eigenvalue weighted by Gasteiger charge is -2.05. The average Bonchev–Trinajstić information content (AvgIpc) is 2.27. The molecule has 0 aliphatic rings. The minimum Gasteiger partial charge on any atom is -0.486 e. The summed E-state index contributed by atoms with van der Waals surface area (Å²) < 4.78 is 10.1. The van der Waals surface area contributed by atoms with Crippen molar-refractivity contribution in [1.29, 1.82) is 0 Å². The molecule has 0 aromatic heterocycles. The van der Waals surface area contributed by atoms with Gasteiger partial charge in [0.25, 0.3) is 0 Å². The molecule has 4 heteroatoms. The fraction of sp³-hybridized carbons (Fsp3) is 0.385. The van der Waals surface area contributed by atoms with Crippen molar-refractivity contribution in [2.75, 3.05) is 13.2 Å². The van der Waals surface area contributed by atoms with Gasteiger partial charge in [0.2, 0.25) is 0 Å². The molecular formula is C13H16O4. The van der Waals surface area contributed by atoms with E-state index in [4.69, 9.17) is 9.47 Å². The van der Waals surface area contributed by atoms with Gasteiger partial charge < -0.3 is 9.47 Å². The Morgan fingerprint density at radius 3 is 2.29 bits per heavy atom. The number of Topliss-reactive ketones (excluding diaryl/α,β-unsaturated/α-hetero) is 1. The van der Waals surface area contributed by atoms with Gasteiger partial charge in [-0.2, -0.15) is 0 Å². The lowest BCUT2D eigenvalue weighted by molar-refractivity contribution is -0.140. The second-order valence-electron chi connectivity index (χ2n) is 3.72. The van der Waals surface area contributed by atoms with E-state index < -0.39 is 0 Å². The van der Waals surface area contributed by atoms with E-state index in [9.17, 15) is 9.59 Å². The molecule has 1 rings (SSSR count). The summed E-state index contributed by atoms with van der Waals surface area (Å²) in [6.45, 7) is 3.34. The molecule has 0 saturated carbocycles. The zero-order valence-corrected chi connectivity index (χ0v) is 10.1. The van der Waals surface area contributed by atoms with E-state index in [2.05, 4.69) is 0 Å². The summed E-state index contributed by atoms with van der Waals surface area (Å²) in [7, 11) is 0. The first-order valence-corrected chi connectivity index (χ1v) is 5.42. The van der Waals surface area contributed by atoms with Crippen molar-refractivity contribution in [2.45, 2.75) is 20.3 Å². The van der Waals surface area contributed by atoms with Gasteiger partial charge in [-0.3, -0.25) is 9.59 Å². The first-order chi connectivity index (χ1) is 8.08. The SMILES string of the molecule is CC(=O)COc1ccc(CCOC(C)=O)cc1. The summed E-state index contributed by atoms with van der Waals surface area (Å²) in [5.41, 5.74) is 1.06. The van der Waals surface area contributed by atoms with Crippen LogP contribution in [0.2, 0.25) is 0 Å². The Morgan fingerprint density at radius 2 is 1.76 bits per heavy atom. The monoisotopic (exact) mass is 236 g/mol. The highest BCUT2D eigenvalue weighted by molar-refractivity contribution is 5.77. The summed E-state index contributed by atoms with van der Waals surface area (Å²) in [6.07, 6.45) is 0.673. The third-order valence-corrected chi connectivity index (χ3v) is 2.06. The van der Waals surface area contributed by atoms with Gasteiger partial charge in [0.05, 0.1) is 6.61 Å². The van der Waals surface area contributed by atoms with Crippen molar-refractivity contribution < 1.29 is 19.1 Å². The molecule has 0 heterocycles. The molecule has 0 radical (unpaired) electrons. The van der Waals surface area contributed by atoms with Crippen LogP contribution in [-0.2, 0) is 20.7 Å². The summed E-state index contributed by atoms with van der Waals surface area (Å²) in [5.74, 6) is 0.381. The molecule has 0 aliphatic heterocycles. The van der Waals surface area contributed by atoms with E-state index in [0.717, 1.165) is 5.56 Å². The number of benzene rings is 1. The van der Waals surface area contributed by atoms with Crippen LogP contribution in [0.5, 0.6) is 5.75 Å². The largest absolute Gasteiger partial charge is 0.486 e. The third-order valence-electron chi connectivity index (χ3n) is 2.06. The fourth-order valence-corrected chi connectivity index (χ4v) is 1.25. The van der Waals surface area contributed by atoms with Crippen LogP contribution in [0.15, 0.2) is 24.3 Å². The highest BCUT2D eigenvalue weighted by Gasteiger charge is 1.99. The van der Waals surface area contributed by atoms with Crippen LogP contribution in [0.4, 0.5) is 0 Å². The number of rotatable bonds is 6. The summed E-state index contributed by atoms with van der Waals surface area (Å²) in [5, 5.41) is 0. The summed E-state index contributed by atoms with van der Waals surface area (Å²) >= 11 is 0. The van der Waals surface area contributed by atoms with Crippen LogP contribution in [0.1, 0.15) is 19.4 Å². The number of carbonyl (C=O) groups excluding carboxylic acids is 2. The van der Waals surface area contributed by atoms with Crippen molar-refractivity contribution in [3.8, 4) is 5.75 Å². The summed E-state index contributed by atoms with van der Waals surface area (Å²) in [6, 6.07) is 7.37. The van der Waals surface area contributed by atoms with E-state index in [1.807, 2.05) is 12.1 Å². The van der Waals surface area contributed by atoms with E-state index in [1.165, 1.54) is 13.8 Å². The Bertz CT molecular complexity index is 381. The molecule has 0 atom stereocenters. The number of ether oxygens (including phenoxy) is 2. The van der Waals surface area contributed by atoms with Gasteiger partial charge in [-0.25, -0.2) is 0 Å². The molecule has 92 valence electrons. The Balaban J connectivity index is 2.39. The minimum atomic E-state index is -0.272. The van der Waals surface area contributed by atoms with Crippen LogP contribution in [0.25, 0.3) is 0 Å². The maximum Gasteiger partial charge on any atom is 0.302 e. The predicted octanol–water partition coefficient (Wildman–Crippen LogP) is 1.76. The summed E-state index contributed by atoms with van der Waals surface area (Å²) in [4.78, 5) is 21.3. The number of hydrogen-bond donors (Lipinski definition) is 0. The number of hydrogen-bond acceptors (Lipinski definition) is 4. The molecule has 1 aromatic rings. The highest BCUT2D eigenvalue weighted by Crippen LogP contribution is 2.12. The van der Waals surface area contributed by atoms with E-state index in [1.54, 1.807) is 12.1 Å². The van der Waals surface area contributed by atoms with Gasteiger partial charge in [0, 0.05) is 13.3 Å². The van der Waals surface area contributed by atoms with Crippen LogP contribution in [-0.4, -0.2) is 25.0 Å². The normalized spacial score (nSPS) is 9.76. The van der Waals surface area contributed by atoms with Crippen LogP contribution >= 0.6 is 0 Å². The molecule has 0 saturated heterocycles. The zero-order valence-electron chi connectivity index (χ0n) is 10.1. The lowest BCUT2D eigenvalue weighted by Crippen LogP contribution is -2.06. The molecule has 0 fully saturated rings. The lowest BCUT2D eigenvalue weighted by atomic mass is 10.1. The van der Waals surface area contributed by atoms with Gasteiger partial charge in [-0.15, -0.1) is 0 Å². The van der Waals surface area contributed by atoms with Gasteiger partial charge in [0.1, 0.15) is 12.4 Å². The minimum absolute atomic E-state index is 0.0102. The molecule has 0 bridgehead atoms. The van der Waals surface area contributed by atoms with E-state index >= 15 is 0 Å². The van der Waals surface area contributed by atoms with Gasteiger partial charge in [-0.05, 0) is 24.6 Å². The van der Waals surface area contributed by atoms with Crippen molar-refractivity contribution in [2.24, 2.45) is 0 Å². The predicted molar refractivity (Wildman–Crippen MR) is 63.0 cm³/mol. The second kappa shape index (κ2) is 6.68. The topological polar surface area (TPSA) is 52.6 Å². The van der Waals surface area contributed by atoms with E-state index in [0.29, 0.717) is 18.8 Å². The third kappa shape index (κ3) is 5.70. The molecule has 0 amide bonds. The molecule has 17 heavy (non-hydrogen) atoms. The molecule has 0 spiro atoms. The first kappa shape index (κ1) is 13.2. The molecular weight excluding hydrogens is 220 g/mol.